The molecular weight excluding hydrogens is 290 g/mol. The first kappa shape index (κ1) is 15.4. The summed E-state index contributed by atoms with van der Waals surface area (Å²) in [6.45, 7) is 1.93. The monoisotopic (exact) mass is 311 g/mol. The summed E-state index contributed by atoms with van der Waals surface area (Å²) in [5, 5.41) is 5.80. The summed E-state index contributed by atoms with van der Waals surface area (Å²) in [6, 6.07) is 13.1. The topological polar surface area (TPSA) is 53.6 Å². The molecule has 0 fully saturated rings. The average Bonchev–Trinajstić information content (AvgIpc) is 2.55. The predicted octanol–water partition coefficient (Wildman–Crippen LogP) is 3.33. The van der Waals surface area contributed by atoms with E-state index in [4.69, 9.17) is 4.74 Å². The number of likely N-dealkylation sites (N-methyl/N-ethyl adjacent to an activating group) is 1. The third-order valence-corrected chi connectivity index (χ3v) is 4.05. The summed E-state index contributed by atoms with van der Waals surface area (Å²) in [4.78, 5) is 14.5. The number of methoxy groups -OCH3 is 1. The molecule has 1 aliphatic rings. The third-order valence-electron chi connectivity index (χ3n) is 4.05. The SMILES string of the molecule is COc1ccc(NC(=O)Nc2cccc3c2CCN(C)C3)cc1. The van der Waals surface area contributed by atoms with Crippen molar-refractivity contribution in [2.45, 2.75) is 13.0 Å². The van der Waals surface area contributed by atoms with E-state index in [-0.39, 0.29) is 6.03 Å². The zero-order valence-corrected chi connectivity index (χ0v) is 13.4. The van der Waals surface area contributed by atoms with Crippen LogP contribution in [-0.2, 0) is 13.0 Å². The molecule has 0 saturated carbocycles. The van der Waals surface area contributed by atoms with Gasteiger partial charge < -0.3 is 20.3 Å². The molecule has 23 heavy (non-hydrogen) atoms. The largest absolute Gasteiger partial charge is 0.497 e. The number of carbonyl (C=O) groups excluding carboxylic acids is 1. The maximum atomic E-state index is 12.2. The van der Waals surface area contributed by atoms with Crippen molar-refractivity contribution in [2.24, 2.45) is 0 Å². The molecule has 0 bridgehead atoms. The van der Waals surface area contributed by atoms with Crippen LogP contribution in [0.2, 0.25) is 0 Å². The Kier molecular flexibility index (Phi) is 4.48. The van der Waals surface area contributed by atoms with Crippen molar-refractivity contribution in [3.05, 3.63) is 53.6 Å². The molecule has 0 aliphatic carbocycles. The molecule has 3 rings (SSSR count). The van der Waals surface area contributed by atoms with Gasteiger partial charge in [-0.25, -0.2) is 4.79 Å². The summed E-state index contributed by atoms with van der Waals surface area (Å²) < 4.78 is 5.11. The van der Waals surface area contributed by atoms with Gasteiger partial charge in [-0.1, -0.05) is 12.1 Å². The standard InChI is InChI=1S/C18H21N3O2/c1-21-11-10-16-13(12-21)4-3-5-17(16)20-18(22)19-14-6-8-15(23-2)9-7-14/h3-9H,10-12H2,1-2H3,(H2,19,20,22). The van der Waals surface area contributed by atoms with Crippen LogP contribution in [0, 0.1) is 0 Å². The summed E-state index contributed by atoms with van der Waals surface area (Å²) in [5.41, 5.74) is 4.13. The second-order valence-electron chi connectivity index (χ2n) is 5.74. The smallest absolute Gasteiger partial charge is 0.323 e. The minimum atomic E-state index is -0.234. The number of nitrogens with one attached hydrogen (secondary N) is 2. The second-order valence-corrected chi connectivity index (χ2v) is 5.74. The van der Waals surface area contributed by atoms with E-state index in [1.54, 1.807) is 7.11 Å². The van der Waals surface area contributed by atoms with Crippen LogP contribution in [-0.4, -0.2) is 31.6 Å². The van der Waals surface area contributed by atoms with E-state index in [1.807, 2.05) is 36.4 Å². The van der Waals surface area contributed by atoms with E-state index in [1.165, 1.54) is 11.1 Å². The van der Waals surface area contributed by atoms with Crippen molar-refractivity contribution >= 4 is 17.4 Å². The number of hydrogen-bond donors (Lipinski definition) is 2. The maximum absolute atomic E-state index is 12.2. The lowest BCUT2D eigenvalue weighted by Crippen LogP contribution is -2.28. The third kappa shape index (κ3) is 3.63. The van der Waals surface area contributed by atoms with Crippen molar-refractivity contribution in [1.82, 2.24) is 4.90 Å². The summed E-state index contributed by atoms with van der Waals surface area (Å²) in [7, 11) is 3.73. The number of ether oxygens (including phenoxy) is 1. The van der Waals surface area contributed by atoms with Crippen molar-refractivity contribution in [3.63, 3.8) is 0 Å². The first-order valence-electron chi connectivity index (χ1n) is 7.67. The lowest BCUT2D eigenvalue weighted by molar-refractivity contribution is 0.262. The first-order chi connectivity index (χ1) is 11.2. The van der Waals surface area contributed by atoms with Gasteiger partial charge in [-0.05, 0) is 54.9 Å². The van der Waals surface area contributed by atoms with Crippen molar-refractivity contribution < 1.29 is 9.53 Å². The Morgan fingerprint density at radius 1 is 1.13 bits per heavy atom. The van der Waals surface area contributed by atoms with Crippen LogP contribution in [0.4, 0.5) is 16.2 Å². The highest BCUT2D eigenvalue weighted by molar-refractivity contribution is 6.00. The lowest BCUT2D eigenvalue weighted by atomic mass is 9.98. The molecule has 2 aromatic carbocycles. The van der Waals surface area contributed by atoms with Gasteiger partial charge in [0.15, 0.2) is 0 Å². The van der Waals surface area contributed by atoms with Crippen LogP contribution in [0.1, 0.15) is 11.1 Å². The Morgan fingerprint density at radius 3 is 2.65 bits per heavy atom. The number of urea groups is 1. The first-order valence-corrected chi connectivity index (χ1v) is 7.67. The molecule has 0 saturated heterocycles. The highest BCUT2D eigenvalue weighted by atomic mass is 16.5. The molecule has 120 valence electrons. The normalized spacial score (nSPS) is 14.0. The van der Waals surface area contributed by atoms with E-state index in [9.17, 15) is 4.79 Å². The van der Waals surface area contributed by atoms with Gasteiger partial charge in [0.25, 0.3) is 0 Å². The van der Waals surface area contributed by atoms with Crippen molar-refractivity contribution in [2.75, 3.05) is 31.3 Å². The Labute approximate surface area is 136 Å². The zero-order valence-electron chi connectivity index (χ0n) is 13.4. The van der Waals surface area contributed by atoms with E-state index < -0.39 is 0 Å². The van der Waals surface area contributed by atoms with Crippen LogP contribution >= 0.6 is 0 Å². The van der Waals surface area contributed by atoms with Gasteiger partial charge in [0, 0.05) is 24.5 Å². The number of anilines is 2. The highest BCUT2D eigenvalue weighted by Crippen LogP contribution is 2.25. The van der Waals surface area contributed by atoms with Gasteiger partial charge >= 0.3 is 6.03 Å². The fraction of sp³-hybridized carbons (Fsp3) is 0.278. The Morgan fingerprint density at radius 2 is 1.91 bits per heavy atom. The van der Waals surface area contributed by atoms with Gasteiger partial charge in [-0.2, -0.15) is 0 Å². The van der Waals surface area contributed by atoms with Crippen LogP contribution in [0.5, 0.6) is 5.75 Å². The van der Waals surface area contributed by atoms with E-state index in [0.717, 1.165) is 36.6 Å². The second kappa shape index (κ2) is 6.71. The molecule has 0 atom stereocenters. The molecule has 0 aromatic heterocycles. The quantitative estimate of drug-likeness (QED) is 0.914. The molecule has 5 heteroatoms. The summed E-state index contributed by atoms with van der Waals surface area (Å²) in [6.07, 6.45) is 0.949. The van der Waals surface area contributed by atoms with Crippen LogP contribution in [0.25, 0.3) is 0 Å². The molecule has 5 nitrogen and oxygen atoms in total. The van der Waals surface area contributed by atoms with Gasteiger partial charge in [-0.3, -0.25) is 0 Å². The minimum absolute atomic E-state index is 0.234. The van der Waals surface area contributed by atoms with Gasteiger partial charge in [-0.15, -0.1) is 0 Å². The van der Waals surface area contributed by atoms with Crippen molar-refractivity contribution in [1.29, 1.82) is 0 Å². The fourth-order valence-electron chi connectivity index (χ4n) is 2.83. The molecule has 0 radical (unpaired) electrons. The number of hydrogen-bond acceptors (Lipinski definition) is 3. The predicted molar refractivity (Wildman–Crippen MR) is 92.1 cm³/mol. The fourth-order valence-corrected chi connectivity index (χ4v) is 2.83. The maximum Gasteiger partial charge on any atom is 0.323 e. The van der Waals surface area contributed by atoms with E-state index in [2.05, 4.69) is 28.6 Å². The molecular formula is C18H21N3O2. The molecule has 1 aliphatic heterocycles. The lowest BCUT2D eigenvalue weighted by Gasteiger charge is -2.26. The summed E-state index contributed by atoms with van der Waals surface area (Å²) >= 11 is 0. The van der Waals surface area contributed by atoms with Crippen LogP contribution in [0.3, 0.4) is 0 Å². The number of amides is 2. The number of fused-ring (bicyclic) bond motifs is 1. The summed E-state index contributed by atoms with van der Waals surface area (Å²) in [5.74, 6) is 0.761. The minimum Gasteiger partial charge on any atom is -0.497 e. The number of benzene rings is 2. The Bertz CT molecular complexity index is 698. The molecule has 2 amide bonds. The van der Waals surface area contributed by atoms with Gasteiger partial charge in [0.2, 0.25) is 0 Å². The molecule has 0 spiro atoms. The Hall–Kier alpha value is -2.53. The number of rotatable bonds is 3. The molecule has 2 N–H and O–H groups in total. The molecule has 0 unspecified atom stereocenters. The zero-order chi connectivity index (χ0) is 16.2. The van der Waals surface area contributed by atoms with Gasteiger partial charge in [0.1, 0.15) is 5.75 Å². The molecule has 2 aromatic rings. The van der Waals surface area contributed by atoms with Crippen LogP contribution in [0.15, 0.2) is 42.5 Å². The number of nitrogens with zero attached hydrogens (tertiary/aromatic N) is 1. The average molecular weight is 311 g/mol. The number of carbonyl (C=O) groups is 1. The van der Waals surface area contributed by atoms with Crippen LogP contribution < -0.4 is 15.4 Å². The molecule has 1 heterocycles. The van der Waals surface area contributed by atoms with E-state index in [0.29, 0.717) is 0 Å². The van der Waals surface area contributed by atoms with Crippen molar-refractivity contribution in [3.8, 4) is 5.75 Å². The highest BCUT2D eigenvalue weighted by Gasteiger charge is 2.17. The Balaban J connectivity index is 1.69. The van der Waals surface area contributed by atoms with Gasteiger partial charge in [0.05, 0.1) is 7.11 Å². The van der Waals surface area contributed by atoms with E-state index >= 15 is 0 Å².